The van der Waals surface area contributed by atoms with Crippen molar-refractivity contribution < 1.29 is 24.5 Å². The van der Waals surface area contributed by atoms with Crippen molar-refractivity contribution in [3.63, 3.8) is 0 Å². The summed E-state index contributed by atoms with van der Waals surface area (Å²) in [4.78, 5) is 11.5. The quantitative estimate of drug-likeness (QED) is 0.385. The fraction of sp³-hybridized carbons (Fsp3) is 0.538. The van der Waals surface area contributed by atoms with Gasteiger partial charge in [0.05, 0.1) is 18.8 Å². The topological polar surface area (TPSA) is 76.0 Å². The van der Waals surface area contributed by atoms with Crippen LogP contribution in [0.25, 0.3) is 0 Å². The fourth-order valence-corrected chi connectivity index (χ4v) is 1.21. The van der Waals surface area contributed by atoms with Gasteiger partial charge < -0.3 is 19.7 Å². The van der Waals surface area contributed by atoms with E-state index in [1.54, 1.807) is 0 Å². The van der Waals surface area contributed by atoms with Crippen molar-refractivity contribution in [1.29, 1.82) is 0 Å². The molecule has 0 aromatic carbocycles. The van der Waals surface area contributed by atoms with Gasteiger partial charge in [-0.25, -0.2) is 4.79 Å². The summed E-state index contributed by atoms with van der Waals surface area (Å²) in [6, 6.07) is 0. The van der Waals surface area contributed by atoms with Gasteiger partial charge in [-0.3, -0.25) is 0 Å². The molecule has 0 fully saturated rings. The Hall–Kier alpha value is -1.17. The van der Waals surface area contributed by atoms with Crippen molar-refractivity contribution in [2.45, 2.75) is 39.1 Å². The van der Waals surface area contributed by atoms with Gasteiger partial charge in [0.2, 0.25) is 0 Å². The second-order valence-corrected chi connectivity index (χ2v) is 4.02. The Kier molecular flexibility index (Phi) is 7.50. The minimum Gasteiger partial charge on any atom is -0.453 e. The van der Waals surface area contributed by atoms with E-state index in [-0.39, 0.29) is 18.3 Å². The van der Waals surface area contributed by atoms with Crippen LogP contribution in [-0.2, 0) is 14.3 Å². The zero-order chi connectivity index (χ0) is 14.3. The van der Waals surface area contributed by atoms with E-state index < -0.39 is 24.3 Å². The lowest BCUT2D eigenvalue weighted by Crippen LogP contribution is -2.41. The second kappa shape index (κ2) is 8.02. The van der Waals surface area contributed by atoms with Gasteiger partial charge in [-0.1, -0.05) is 12.7 Å². The molecule has 0 aliphatic carbocycles. The Balaban J connectivity index is 4.85. The highest BCUT2D eigenvalue weighted by molar-refractivity contribution is 5.87. The summed E-state index contributed by atoms with van der Waals surface area (Å²) in [6.45, 7) is 11.5. The average molecular weight is 257 g/mol. The summed E-state index contributed by atoms with van der Waals surface area (Å²) >= 11 is 0. The zero-order valence-corrected chi connectivity index (χ0v) is 11.0. The average Bonchev–Trinajstić information content (AvgIpc) is 2.26. The highest BCUT2D eigenvalue weighted by Crippen LogP contribution is 2.21. The van der Waals surface area contributed by atoms with Gasteiger partial charge in [0.1, 0.15) is 0 Å². The minimum atomic E-state index is -1.05. The van der Waals surface area contributed by atoms with E-state index in [4.69, 9.17) is 9.47 Å². The molecule has 0 aromatic heterocycles. The smallest absolute Gasteiger partial charge is 0.333 e. The molecule has 0 amide bonds. The normalized spacial score (nSPS) is 15.9. The van der Waals surface area contributed by atoms with E-state index in [0.717, 1.165) is 0 Å². The molecule has 0 saturated carbocycles. The third kappa shape index (κ3) is 5.44. The first-order chi connectivity index (χ1) is 8.31. The Labute approximate surface area is 108 Å². The molecule has 0 bridgehead atoms. The van der Waals surface area contributed by atoms with Crippen molar-refractivity contribution in [1.82, 2.24) is 0 Å². The molecule has 0 saturated heterocycles. The molecule has 0 aromatic rings. The summed E-state index contributed by atoms with van der Waals surface area (Å²) in [7, 11) is 0. The Bertz CT molecular complexity index is 296. The van der Waals surface area contributed by atoms with E-state index in [0.29, 0.717) is 0 Å². The zero-order valence-electron chi connectivity index (χ0n) is 11.0. The van der Waals surface area contributed by atoms with Gasteiger partial charge in [-0.2, -0.15) is 0 Å². The maximum Gasteiger partial charge on any atom is 0.333 e. The highest BCUT2D eigenvalue weighted by atomic mass is 16.6. The number of hydrogen-bond acceptors (Lipinski definition) is 5. The van der Waals surface area contributed by atoms with Gasteiger partial charge in [0.25, 0.3) is 0 Å². The molecule has 103 valence electrons. The third-order valence-electron chi connectivity index (χ3n) is 2.08. The molecule has 0 heterocycles. The summed E-state index contributed by atoms with van der Waals surface area (Å²) in [6.07, 6.45) is -1.47. The lowest BCUT2D eigenvalue weighted by Gasteiger charge is -2.29. The monoisotopic (exact) mass is 257 g/mol. The number of ether oxygens (including phenoxy) is 2. The number of esters is 1. The molecule has 2 N–H and O–H groups in total. The van der Waals surface area contributed by atoms with Crippen molar-refractivity contribution in [2.24, 2.45) is 0 Å². The molecule has 0 spiro atoms. The number of carbonyl (C=O) groups excluding carboxylic acids is 1. The first kappa shape index (κ1) is 16.8. The van der Waals surface area contributed by atoms with Crippen molar-refractivity contribution >= 4 is 5.97 Å². The lowest BCUT2D eigenvalue weighted by molar-refractivity contribution is -0.156. The summed E-state index contributed by atoms with van der Waals surface area (Å²) < 4.78 is 10.3. The largest absolute Gasteiger partial charge is 0.453 e. The van der Waals surface area contributed by atoms with Crippen molar-refractivity contribution in [2.75, 3.05) is 6.61 Å². The number of aliphatic hydroxyl groups excluding tert-OH is 2. The third-order valence-corrected chi connectivity index (χ3v) is 2.08. The number of aliphatic hydroxyl groups is 2. The standard InChI is InChI=1S/C13H21O5/c1-6-7-17-11(9(4)14)12(10(5)15)18-13(16)8(2)3/h6,9-10,12,14-15H,1-2,7H2,3-5H3. The maximum absolute atomic E-state index is 11.5. The van der Waals surface area contributed by atoms with Crippen LogP contribution in [0.3, 0.4) is 0 Å². The van der Waals surface area contributed by atoms with Crippen LogP contribution in [-0.4, -0.2) is 41.1 Å². The van der Waals surface area contributed by atoms with Crippen LogP contribution >= 0.6 is 0 Å². The number of carbonyl (C=O) groups is 1. The molecule has 1 radical (unpaired) electrons. The van der Waals surface area contributed by atoms with Crippen LogP contribution in [0.5, 0.6) is 0 Å². The molecule has 3 unspecified atom stereocenters. The van der Waals surface area contributed by atoms with Crippen molar-refractivity contribution in [3.8, 4) is 0 Å². The molecule has 5 heteroatoms. The predicted octanol–water partition coefficient (Wildman–Crippen LogP) is 0.970. The fourth-order valence-electron chi connectivity index (χ4n) is 1.21. The molecule has 5 nitrogen and oxygen atoms in total. The van der Waals surface area contributed by atoms with Crippen LogP contribution in [0.4, 0.5) is 0 Å². The van der Waals surface area contributed by atoms with Gasteiger partial charge in [-0.15, -0.1) is 6.58 Å². The van der Waals surface area contributed by atoms with Gasteiger partial charge in [0, 0.05) is 5.57 Å². The maximum atomic E-state index is 11.5. The Morgan fingerprint density at radius 3 is 2.28 bits per heavy atom. The molecule has 0 rings (SSSR count). The van der Waals surface area contributed by atoms with Crippen LogP contribution < -0.4 is 0 Å². The van der Waals surface area contributed by atoms with Gasteiger partial charge in [-0.05, 0) is 20.8 Å². The van der Waals surface area contributed by atoms with Crippen molar-refractivity contribution in [3.05, 3.63) is 30.9 Å². The van der Waals surface area contributed by atoms with E-state index in [1.165, 1.54) is 26.8 Å². The van der Waals surface area contributed by atoms with E-state index in [9.17, 15) is 15.0 Å². The second-order valence-electron chi connectivity index (χ2n) is 4.02. The predicted molar refractivity (Wildman–Crippen MR) is 67.4 cm³/mol. The van der Waals surface area contributed by atoms with Gasteiger partial charge >= 0.3 is 5.97 Å². The first-order valence-electron chi connectivity index (χ1n) is 5.64. The minimum absolute atomic E-state index is 0.0829. The Morgan fingerprint density at radius 2 is 1.94 bits per heavy atom. The van der Waals surface area contributed by atoms with E-state index in [2.05, 4.69) is 13.2 Å². The first-order valence-corrected chi connectivity index (χ1v) is 5.64. The molecule has 3 atom stereocenters. The highest BCUT2D eigenvalue weighted by Gasteiger charge is 2.35. The lowest BCUT2D eigenvalue weighted by atomic mass is 10.0. The van der Waals surface area contributed by atoms with Crippen LogP contribution in [0.15, 0.2) is 24.8 Å². The van der Waals surface area contributed by atoms with Crippen LogP contribution in [0.2, 0.25) is 0 Å². The number of rotatable bonds is 8. The van der Waals surface area contributed by atoms with Crippen LogP contribution in [0.1, 0.15) is 20.8 Å². The molecule has 0 aliphatic heterocycles. The van der Waals surface area contributed by atoms with Crippen LogP contribution in [0, 0.1) is 6.10 Å². The molecular weight excluding hydrogens is 236 g/mol. The summed E-state index contributed by atoms with van der Waals surface area (Å²) in [5.41, 5.74) is 0.203. The molecule has 0 aliphatic rings. The summed E-state index contributed by atoms with van der Waals surface area (Å²) in [5.74, 6) is -0.652. The van der Waals surface area contributed by atoms with E-state index in [1.807, 2.05) is 0 Å². The number of hydrogen-bond donors (Lipinski definition) is 2. The summed E-state index contributed by atoms with van der Waals surface area (Å²) in [5, 5.41) is 19.2. The van der Waals surface area contributed by atoms with E-state index >= 15 is 0 Å². The molecular formula is C13H21O5. The van der Waals surface area contributed by atoms with Gasteiger partial charge in [0.15, 0.2) is 12.2 Å². The molecule has 18 heavy (non-hydrogen) atoms. The Morgan fingerprint density at radius 1 is 1.39 bits per heavy atom. The SMILES string of the molecule is C=CCO[C](C(C)O)C(OC(=O)C(=C)C)C(C)O.